The second-order valence-electron chi connectivity index (χ2n) is 17.4. The van der Waals surface area contributed by atoms with Crippen molar-refractivity contribution in [3.05, 3.63) is 227 Å². The number of aliphatic hydroxyl groups is 2. The normalized spacial score (nSPS) is 10.2. The number of fused-ring (bicyclic) bond motifs is 1. The molecule has 0 radical (unpaired) electrons. The fraction of sp³-hybridized carbons (Fsp3) is 0.136. The van der Waals surface area contributed by atoms with E-state index in [0.29, 0.717) is 55.6 Å². The number of hydrogen-bond donors (Lipinski definition) is 9. The third kappa shape index (κ3) is 22.4. The second-order valence-corrected chi connectivity index (χ2v) is 19.0. The molecule has 0 saturated carbocycles. The van der Waals surface area contributed by atoms with Crippen molar-refractivity contribution in [3.63, 3.8) is 0 Å². The van der Waals surface area contributed by atoms with Gasteiger partial charge in [0.2, 0.25) is 5.91 Å². The van der Waals surface area contributed by atoms with Crippen LogP contribution in [0.2, 0.25) is 20.1 Å². The number of aromatic nitrogens is 2. The summed E-state index contributed by atoms with van der Waals surface area (Å²) < 4.78 is 73.2. The number of amides is 1. The van der Waals surface area contributed by atoms with Crippen molar-refractivity contribution in [1.29, 1.82) is 0 Å². The number of imidazole rings is 1. The zero-order valence-electron chi connectivity index (χ0n) is 44.4. The van der Waals surface area contributed by atoms with Crippen molar-refractivity contribution in [2.75, 3.05) is 34.9 Å². The number of nitrogens with two attached hydrogens (primary N) is 4. The number of carbonyl (C=O) groups is 2. The number of nitrogen functional groups attached to an aromatic ring is 4. The lowest BCUT2D eigenvalue weighted by atomic mass is 10.2. The third-order valence-corrected chi connectivity index (χ3v) is 12.1. The van der Waals surface area contributed by atoms with Crippen molar-refractivity contribution in [1.82, 2.24) is 9.97 Å². The molecule has 1 amide bonds. The van der Waals surface area contributed by atoms with Crippen LogP contribution in [0.4, 0.5) is 51.7 Å². The Hall–Kier alpha value is -9.23. The van der Waals surface area contributed by atoms with E-state index in [2.05, 4.69) is 15.3 Å². The van der Waals surface area contributed by atoms with Gasteiger partial charge in [0.15, 0.2) is 0 Å². The maximum atomic E-state index is 12.8. The van der Waals surface area contributed by atoms with Crippen molar-refractivity contribution in [2.45, 2.75) is 47.4 Å². The van der Waals surface area contributed by atoms with E-state index >= 15 is 0 Å². The molecule has 1 aromatic heterocycles. The number of benzene rings is 8. The Morgan fingerprint density at radius 2 is 0.895 bits per heavy atom. The number of nitro benzene ring substituents is 1. The summed E-state index contributed by atoms with van der Waals surface area (Å²) in [7, 11) is 0. The van der Waals surface area contributed by atoms with Crippen LogP contribution in [-0.2, 0) is 42.6 Å². The first-order chi connectivity index (χ1) is 40.4. The molecule has 0 aliphatic heterocycles. The first-order valence-corrected chi connectivity index (χ1v) is 26.0. The van der Waals surface area contributed by atoms with Crippen LogP contribution in [0.1, 0.15) is 42.4 Å². The number of aliphatic hydroxyl groups excluding tert-OH is 2. The van der Waals surface area contributed by atoms with E-state index in [4.69, 9.17) is 108 Å². The Bertz CT molecular complexity index is 3700. The summed E-state index contributed by atoms with van der Waals surface area (Å²) in [5.41, 5.74) is 28.1. The SMILES string of the molecule is C.CC(=O)O.Nc1cc(Cl)c(OCc2ccc(F)cc2)cc1N.Nc1cc(Cl)c(OCc2ccc(F)cc2)cc1NC(=O)CO.Nc1cc(Cl)c(OCc2ccc(F)cc2)cc1[N+](=O)[O-].OCc1nc2cc(OCc3ccc(F)cc3)c(Cl)cc2[nH]1. The van der Waals surface area contributed by atoms with E-state index in [0.717, 1.165) is 29.1 Å². The number of hydrogen-bond acceptors (Lipinski definition) is 15. The lowest BCUT2D eigenvalue weighted by molar-refractivity contribution is -0.384. The zero-order valence-corrected chi connectivity index (χ0v) is 47.5. The van der Waals surface area contributed by atoms with Crippen LogP contribution in [0.3, 0.4) is 0 Å². The van der Waals surface area contributed by atoms with E-state index in [1.54, 1.807) is 66.7 Å². The van der Waals surface area contributed by atoms with Gasteiger partial charge in [-0.3, -0.25) is 19.7 Å². The lowest BCUT2D eigenvalue weighted by Gasteiger charge is -2.13. The van der Waals surface area contributed by atoms with E-state index in [1.165, 1.54) is 78.9 Å². The lowest BCUT2D eigenvalue weighted by Crippen LogP contribution is -2.16. The van der Waals surface area contributed by atoms with Crippen LogP contribution in [0.15, 0.2) is 146 Å². The smallest absolute Gasteiger partial charge is 0.300 e. The summed E-state index contributed by atoms with van der Waals surface area (Å²) in [5, 5.41) is 39.7. The van der Waals surface area contributed by atoms with Gasteiger partial charge in [-0.25, -0.2) is 22.5 Å². The molecule has 0 atom stereocenters. The number of nitrogens with zero attached hydrogens (tertiary/aromatic N) is 2. The quantitative estimate of drug-likeness (QED) is 0.0188. The van der Waals surface area contributed by atoms with Crippen LogP contribution in [-0.4, -0.2) is 48.7 Å². The van der Waals surface area contributed by atoms with E-state index in [-0.39, 0.29) is 102 Å². The molecule has 0 bridgehead atoms. The number of aliphatic carboxylic acids is 1. The van der Waals surface area contributed by atoms with E-state index in [9.17, 15) is 32.5 Å². The average Bonchev–Trinajstić information content (AvgIpc) is 2.42. The molecular formula is C59H56Cl4F4N8O11. The Labute approximate surface area is 509 Å². The molecular weight excluding hydrogens is 1210 g/mol. The molecule has 0 unspecified atom stereocenters. The molecule has 9 aromatic rings. The van der Waals surface area contributed by atoms with Crippen LogP contribution < -0.4 is 47.2 Å². The zero-order chi connectivity index (χ0) is 62.3. The molecule has 454 valence electrons. The van der Waals surface area contributed by atoms with Gasteiger partial charge in [-0.05, 0) is 95.1 Å². The van der Waals surface area contributed by atoms with Gasteiger partial charge in [0.25, 0.3) is 11.7 Å². The Balaban J connectivity index is 0.000000240. The average molecular weight is 1270 g/mol. The molecule has 19 nitrogen and oxygen atoms in total. The first-order valence-electron chi connectivity index (χ1n) is 24.5. The summed E-state index contributed by atoms with van der Waals surface area (Å²) in [6.45, 7) is 1.11. The van der Waals surface area contributed by atoms with Gasteiger partial charge in [0.1, 0.15) is 97.4 Å². The summed E-state index contributed by atoms with van der Waals surface area (Å²) in [4.78, 5) is 37.5. The minimum atomic E-state index is -0.833. The molecule has 8 aromatic carbocycles. The molecule has 86 heavy (non-hydrogen) atoms. The van der Waals surface area contributed by atoms with Gasteiger partial charge >= 0.3 is 0 Å². The minimum Gasteiger partial charge on any atom is -0.487 e. The summed E-state index contributed by atoms with van der Waals surface area (Å²) in [6, 6.07) is 35.5. The first kappa shape index (κ1) is 69.3. The van der Waals surface area contributed by atoms with Crippen molar-refractivity contribution in [2.24, 2.45) is 0 Å². The molecule has 0 spiro atoms. The molecule has 0 aliphatic rings. The van der Waals surface area contributed by atoms with Crippen LogP contribution in [0.5, 0.6) is 23.0 Å². The van der Waals surface area contributed by atoms with Crippen LogP contribution >= 0.6 is 46.4 Å². The monoisotopic (exact) mass is 1270 g/mol. The summed E-state index contributed by atoms with van der Waals surface area (Å²) in [5.74, 6) is -0.810. The minimum absolute atomic E-state index is 0. The second kappa shape index (κ2) is 33.9. The number of anilines is 5. The molecule has 0 saturated heterocycles. The van der Waals surface area contributed by atoms with Crippen LogP contribution in [0, 0.1) is 33.4 Å². The molecule has 0 aliphatic carbocycles. The number of rotatable bonds is 16. The number of aromatic amines is 1. The van der Waals surface area contributed by atoms with Gasteiger partial charge in [0.05, 0.1) is 64.9 Å². The van der Waals surface area contributed by atoms with E-state index < -0.39 is 23.4 Å². The predicted octanol–water partition coefficient (Wildman–Crippen LogP) is 13.5. The Kier molecular flexibility index (Phi) is 27.3. The van der Waals surface area contributed by atoms with Gasteiger partial charge in [-0.15, -0.1) is 0 Å². The van der Waals surface area contributed by atoms with Gasteiger partial charge in [0, 0.05) is 25.1 Å². The fourth-order valence-corrected chi connectivity index (χ4v) is 7.61. The number of carboxylic acid groups (broad SMARTS) is 1. The van der Waals surface area contributed by atoms with Crippen LogP contribution in [0.25, 0.3) is 11.0 Å². The highest BCUT2D eigenvalue weighted by molar-refractivity contribution is 6.33. The Morgan fingerprint density at radius 1 is 0.558 bits per heavy atom. The Morgan fingerprint density at radius 3 is 1.28 bits per heavy atom. The number of nitrogens with one attached hydrogen (secondary N) is 2. The molecule has 13 N–H and O–H groups in total. The fourth-order valence-electron chi connectivity index (χ4n) is 6.72. The molecule has 0 fully saturated rings. The largest absolute Gasteiger partial charge is 0.487 e. The van der Waals surface area contributed by atoms with Gasteiger partial charge in [-0.1, -0.05) is 102 Å². The van der Waals surface area contributed by atoms with Gasteiger partial charge in [-0.2, -0.15) is 0 Å². The maximum Gasteiger partial charge on any atom is 0.300 e. The number of nitro groups is 1. The van der Waals surface area contributed by atoms with E-state index in [1.807, 2.05) is 0 Å². The maximum absolute atomic E-state index is 12.8. The molecule has 27 heteroatoms. The summed E-state index contributed by atoms with van der Waals surface area (Å²) in [6.07, 6.45) is 0. The number of halogens is 8. The van der Waals surface area contributed by atoms with Crippen molar-refractivity contribution >= 4 is 103 Å². The molecule has 1 heterocycles. The molecule has 9 rings (SSSR count). The standard InChI is InChI=1S/C15H14ClFN2O3.C15H12ClFN2O2.C13H10ClFN2O3.C13H12ClFN2O.C2H4O2.CH4/c16-11-5-12(18)13(19-15(21)7-20)6-14(11)22-8-9-1-3-10(17)4-2-9;16-11-5-12-13(19-15(7-20)18-12)6-14(11)21-8-9-1-3-10(17)4-2-9;14-10-5-11(16)12(17(18)19)6-13(10)20-7-8-1-3-9(15)4-2-8;14-10-5-11(16)12(17)6-13(10)18-7-8-1-3-9(15)4-2-8;1-2(3)4;/h1-6,20H,7-8,18H2,(H,19,21);1-6,20H,7-8H2,(H,18,19);1-6H,7,16H2;1-6H,7,16-17H2;1H3,(H,3,4);1H4. The predicted molar refractivity (Wildman–Crippen MR) is 324 cm³/mol. The highest BCUT2D eigenvalue weighted by Gasteiger charge is 2.17. The summed E-state index contributed by atoms with van der Waals surface area (Å²) >= 11 is 24.1. The van der Waals surface area contributed by atoms with Crippen molar-refractivity contribution in [3.8, 4) is 23.0 Å². The highest BCUT2D eigenvalue weighted by atomic mass is 35.5. The number of carbonyl (C=O) groups excluding carboxylic acids is 1. The number of carboxylic acids is 1. The third-order valence-electron chi connectivity index (χ3n) is 10.9. The number of H-pyrrole nitrogens is 1. The topological polar surface area (TPSA) is 320 Å². The van der Waals surface area contributed by atoms with Gasteiger partial charge < -0.3 is 67.5 Å². The number of ether oxygens (including phenoxy) is 4. The highest BCUT2D eigenvalue weighted by Crippen LogP contribution is 2.36. The van der Waals surface area contributed by atoms with Crippen molar-refractivity contribution < 1.29 is 66.3 Å².